The summed E-state index contributed by atoms with van der Waals surface area (Å²) < 4.78 is 1.74. The number of nitrogens with two attached hydrogens (primary N) is 1. The van der Waals surface area contributed by atoms with E-state index in [-0.39, 0.29) is 22.9 Å². The third kappa shape index (κ3) is 4.82. The molecule has 0 aliphatic heterocycles. The number of halogens is 2. The fourth-order valence-corrected chi connectivity index (χ4v) is 3.67. The predicted octanol–water partition coefficient (Wildman–Crippen LogP) is 5.13. The molecule has 0 aliphatic rings. The lowest BCUT2D eigenvalue weighted by Gasteiger charge is -2.08. The minimum Gasteiger partial charge on any atom is -0.366 e. The van der Waals surface area contributed by atoms with Gasteiger partial charge in [-0.1, -0.05) is 53.5 Å². The lowest BCUT2D eigenvalue weighted by Crippen LogP contribution is -2.15. The van der Waals surface area contributed by atoms with Crippen molar-refractivity contribution in [3.8, 4) is 16.9 Å². The summed E-state index contributed by atoms with van der Waals surface area (Å²) in [5.41, 5.74) is 9.08. The van der Waals surface area contributed by atoms with Gasteiger partial charge in [0.05, 0.1) is 28.4 Å². The maximum atomic E-state index is 12.8. The minimum absolute atomic E-state index is 0.0833. The van der Waals surface area contributed by atoms with E-state index >= 15 is 0 Å². The number of primary amides is 1. The molecule has 4 aromatic rings. The standard InChI is InChI=1S/C24H18Cl2N4O2/c25-17-8-6-15(7-9-17)23-16(14-30(29-23)19-4-2-1-3-5-19)12-22(31)28-18-10-11-20(24(27)32)21(26)13-18/h1-11,13-14H,12H2,(H2,27,32)(H,28,31). The van der Waals surface area contributed by atoms with E-state index in [1.807, 2.05) is 48.7 Å². The van der Waals surface area contributed by atoms with Gasteiger partial charge in [0.2, 0.25) is 11.8 Å². The molecule has 6 nitrogen and oxygen atoms in total. The first-order chi connectivity index (χ1) is 15.4. The van der Waals surface area contributed by atoms with E-state index in [1.54, 1.807) is 22.9 Å². The Bertz CT molecular complexity index is 1290. The van der Waals surface area contributed by atoms with Crippen molar-refractivity contribution < 1.29 is 9.59 Å². The Kier molecular flexibility index (Phi) is 6.25. The van der Waals surface area contributed by atoms with Crippen LogP contribution in [0, 0.1) is 0 Å². The Morgan fingerprint density at radius 2 is 1.69 bits per heavy atom. The Hall–Kier alpha value is -3.61. The van der Waals surface area contributed by atoms with Crippen molar-refractivity contribution >= 4 is 40.7 Å². The molecule has 160 valence electrons. The molecular weight excluding hydrogens is 447 g/mol. The molecule has 8 heteroatoms. The topological polar surface area (TPSA) is 90.0 Å². The highest BCUT2D eigenvalue weighted by atomic mass is 35.5. The molecule has 0 unspecified atom stereocenters. The fraction of sp³-hybridized carbons (Fsp3) is 0.0417. The van der Waals surface area contributed by atoms with Gasteiger partial charge < -0.3 is 11.1 Å². The largest absolute Gasteiger partial charge is 0.366 e. The van der Waals surface area contributed by atoms with Gasteiger partial charge in [0, 0.05) is 28.0 Å². The number of para-hydroxylation sites is 1. The van der Waals surface area contributed by atoms with Gasteiger partial charge in [-0.05, 0) is 42.5 Å². The molecule has 1 aromatic heterocycles. The van der Waals surface area contributed by atoms with Gasteiger partial charge in [0.25, 0.3) is 0 Å². The number of anilines is 1. The molecular formula is C24H18Cl2N4O2. The zero-order valence-electron chi connectivity index (χ0n) is 16.8. The number of benzene rings is 3. The highest BCUT2D eigenvalue weighted by Crippen LogP contribution is 2.26. The van der Waals surface area contributed by atoms with Crippen molar-refractivity contribution in [2.75, 3.05) is 5.32 Å². The molecule has 0 saturated carbocycles. The van der Waals surface area contributed by atoms with Crippen LogP contribution in [-0.2, 0) is 11.2 Å². The first kappa shape index (κ1) is 21.6. The number of aromatic nitrogens is 2. The number of amides is 2. The van der Waals surface area contributed by atoms with E-state index in [2.05, 4.69) is 5.32 Å². The molecule has 0 saturated heterocycles. The molecule has 1 heterocycles. The van der Waals surface area contributed by atoms with Crippen molar-refractivity contribution in [3.63, 3.8) is 0 Å². The van der Waals surface area contributed by atoms with E-state index < -0.39 is 5.91 Å². The van der Waals surface area contributed by atoms with Gasteiger partial charge in [-0.3, -0.25) is 9.59 Å². The number of rotatable bonds is 6. The van der Waals surface area contributed by atoms with E-state index in [0.29, 0.717) is 16.4 Å². The average Bonchev–Trinajstić information content (AvgIpc) is 3.18. The number of nitrogens with one attached hydrogen (secondary N) is 1. The van der Waals surface area contributed by atoms with Gasteiger partial charge in [-0.25, -0.2) is 4.68 Å². The minimum atomic E-state index is -0.631. The molecule has 2 amide bonds. The normalized spacial score (nSPS) is 10.7. The van der Waals surface area contributed by atoms with Crippen molar-refractivity contribution in [1.82, 2.24) is 9.78 Å². The quantitative estimate of drug-likeness (QED) is 0.414. The van der Waals surface area contributed by atoms with E-state index in [0.717, 1.165) is 16.8 Å². The van der Waals surface area contributed by atoms with Crippen molar-refractivity contribution in [2.24, 2.45) is 5.73 Å². The maximum Gasteiger partial charge on any atom is 0.250 e. The fourth-order valence-electron chi connectivity index (χ4n) is 3.27. The van der Waals surface area contributed by atoms with Crippen LogP contribution in [0.3, 0.4) is 0 Å². The SMILES string of the molecule is NC(=O)c1ccc(NC(=O)Cc2cn(-c3ccccc3)nc2-c2ccc(Cl)cc2)cc1Cl. The molecule has 0 aliphatic carbocycles. The molecule has 0 fully saturated rings. The third-order valence-electron chi connectivity index (χ3n) is 4.80. The van der Waals surface area contributed by atoms with Crippen LogP contribution in [-0.4, -0.2) is 21.6 Å². The summed E-state index contributed by atoms with van der Waals surface area (Å²) in [5.74, 6) is -0.885. The van der Waals surface area contributed by atoms with Gasteiger partial charge in [0.1, 0.15) is 0 Å². The Morgan fingerprint density at radius 3 is 2.34 bits per heavy atom. The molecule has 32 heavy (non-hydrogen) atoms. The van der Waals surface area contributed by atoms with E-state index in [4.69, 9.17) is 34.0 Å². The molecule has 3 N–H and O–H groups in total. The second-order valence-electron chi connectivity index (χ2n) is 7.07. The molecule has 0 atom stereocenters. The first-order valence-electron chi connectivity index (χ1n) is 9.70. The second kappa shape index (κ2) is 9.26. The number of hydrogen-bond acceptors (Lipinski definition) is 3. The molecule has 0 bridgehead atoms. The summed E-state index contributed by atoms with van der Waals surface area (Å²) in [6.07, 6.45) is 1.92. The number of hydrogen-bond donors (Lipinski definition) is 2. The van der Waals surface area contributed by atoms with Crippen LogP contribution in [0.25, 0.3) is 16.9 Å². The highest BCUT2D eigenvalue weighted by molar-refractivity contribution is 6.34. The summed E-state index contributed by atoms with van der Waals surface area (Å²) in [6.45, 7) is 0. The molecule has 4 rings (SSSR count). The third-order valence-corrected chi connectivity index (χ3v) is 5.36. The van der Waals surface area contributed by atoms with Gasteiger partial charge in [-0.15, -0.1) is 0 Å². The van der Waals surface area contributed by atoms with Gasteiger partial charge in [-0.2, -0.15) is 5.10 Å². The van der Waals surface area contributed by atoms with Crippen molar-refractivity contribution in [1.29, 1.82) is 0 Å². The summed E-state index contributed by atoms with van der Waals surface area (Å²) in [6, 6.07) is 21.5. The Balaban J connectivity index is 1.62. The Morgan fingerprint density at radius 1 is 0.969 bits per heavy atom. The van der Waals surface area contributed by atoms with Crippen LogP contribution >= 0.6 is 23.2 Å². The average molecular weight is 465 g/mol. The van der Waals surface area contributed by atoms with Crippen LogP contribution in [0.2, 0.25) is 10.0 Å². The lowest BCUT2D eigenvalue weighted by molar-refractivity contribution is -0.115. The molecule has 0 radical (unpaired) electrons. The zero-order valence-corrected chi connectivity index (χ0v) is 18.3. The van der Waals surface area contributed by atoms with Crippen LogP contribution in [0.1, 0.15) is 15.9 Å². The summed E-state index contributed by atoms with van der Waals surface area (Å²) in [4.78, 5) is 24.1. The lowest BCUT2D eigenvalue weighted by atomic mass is 10.1. The highest BCUT2D eigenvalue weighted by Gasteiger charge is 2.16. The second-order valence-corrected chi connectivity index (χ2v) is 7.92. The predicted molar refractivity (Wildman–Crippen MR) is 126 cm³/mol. The smallest absolute Gasteiger partial charge is 0.250 e. The molecule has 0 spiro atoms. The maximum absolute atomic E-state index is 12.8. The number of nitrogens with zero attached hydrogens (tertiary/aromatic N) is 2. The first-order valence-corrected chi connectivity index (χ1v) is 10.5. The van der Waals surface area contributed by atoms with Crippen LogP contribution < -0.4 is 11.1 Å². The van der Waals surface area contributed by atoms with E-state index in [9.17, 15) is 9.59 Å². The Labute approximate surface area is 194 Å². The number of carbonyl (C=O) groups is 2. The summed E-state index contributed by atoms with van der Waals surface area (Å²) in [7, 11) is 0. The van der Waals surface area contributed by atoms with Crippen molar-refractivity contribution in [2.45, 2.75) is 6.42 Å². The summed E-state index contributed by atoms with van der Waals surface area (Å²) >= 11 is 12.1. The van der Waals surface area contributed by atoms with Gasteiger partial charge in [0.15, 0.2) is 0 Å². The van der Waals surface area contributed by atoms with Crippen LogP contribution in [0.5, 0.6) is 0 Å². The number of carbonyl (C=O) groups excluding carboxylic acids is 2. The van der Waals surface area contributed by atoms with Crippen LogP contribution in [0.15, 0.2) is 79.0 Å². The monoisotopic (exact) mass is 464 g/mol. The van der Waals surface area contributed by atoms with Crippen molar-refractivity contribution in [3.05, 3.63) is 100 Å². The van der Waals surface area contributed by atoms with Crippen LogP contribution in [0.4, 0.5) is 5.69 Å². The molecule has 3 aromatic carbocycles. The van der Waals surface area contributed by atoms with Gasteiger partial charge >= 0.3 is 0 Å². The van der Waals surface area contributed by atoms with E-state index in [1.165, 1.54) is 12.1 Å². The summed E-state index contributed by atoms with van der Waals surface area (Å²) in [5, 5.41) is 8.30. The zero-order chi connectivity index (χ0) is 22.7.